The van der Waals surface area contributed by atoms with E-state index in [1.165, 1.54) is 7.11 Å². The summed E-state index contributed by atoms with van der Waals surface area (Å²) in [6.45, 7) is 0. The summed E-state index contributed by atoms with van der Waals surface area (Å²) in [7, 11) is 1.31. The molecule has 16 heavy (non-hydrogen) atoms. The molecule has 0 bridgehead atoms. The number of nitrogens with two attached hydrogens (primary N) is 1. The van der Waals surface area contributed by atoms with Gasteiger partial charge in [-0.3, -0.25) is 4.98 Å². The highest BCUT2D eigenvalue weighted by Crippen LogP contribution is 2.30. The lowest BCUT2D eigenvalue weighted by molar-refractivity contribution is 0.0607. The Morgan fingerprint density at radius 1 is 1.44 bits per heavy atom. The molecule has 0 unspecified atom stereocenters. The molecule has 0 saturated carbocycles. The maximum absolute atomic E-state index is 11.3. The van der Waals surface area contributed by atoms with Crippen molar-refractivity contribution in [3.63, 3.8) is 0 Å². The van der Waals surface area contributed by atoms with E-state index >= 15 is 0 Å². The maximum atomic E-state index is 11.3. The summed E-state index contributed by atoms with van der Waals surface area (Å²) in [5.74, 6) is -0.463. The molecule has 2 N–H and O–H groups in total. The van der Waals surface area contributed by atoms with Crippen LogP contribution in [-0.2, 0) is 4.74 Å². The lowest BCUT2D eigenvalue weighted by Crippen LogP contribution is -2.02. The van der Waals surface area contributed by atoms with E-state index in [0.29, 0.717) is 16.3 Å². The molecule has 6 heteroatoms. The molecule has 2 rings (SSSR count). The van der Waals surface area contributed by atoms with Crippen LogP contribution in [0.15, 0.2) is 24.5 Å². The minimum atomic E-state index is -0.463. The van der Waals surface area contributed by atoms with E-state index in [4.69, 9.17) is 5.73 Å². The molecular formula is C10H9N3O2S. The molecule has 0 amide bonds. The monoisotopic (exact) mass is 235 g/mol. The average Bonchev–Trinajstić information content (AvgIpc) is 2.71. The molecule has 0 aliphatic carbocycles. The first-order valence-electron chi connectivity index (χ1n) is 4.48. The van der Waals surface area contributed by atoms with Crippen LogP contribution in [0.3, 0.4) is 0 Å². The molecule has 2 heterocycles. The largest absolute Gasteiger partial charge is 0.465 e. The smallest absolute Gasteiger partial charge is 0.351 e. The molecule has 0 radical (unpaired) electrons. The molecule has 5 nitrogen and oxygen atoms in total. The van der Waals surface area contributed by atoms with E-state index in [0.717, 1.165) is 17.1 Å². The normalized spacial score (nSPS) is 10.1. The number of carbonyl (C=O) groups excluding carboxylic acids is 1. The van der Waals surface area contributed by atoms with Gasteiger partial charge in [-0.05, 0) is 23.7 Å². The maximum Gasteiger partial charge on any atom is 0.351 e. The molecule has 0 spiro atoms. The van der Waals surface area contributed by atoms with Gasteiger partial charge in [-0.15, -0.1) is 0 Å². The van der Waals surface area contributed by atoms with Crippen molar-refractivity contribution in [1.82, 2.24) is 9.36 Å². The Labute approximate surface area is 96.1 Å². The van der Waals surface area contributed by atoms with Crippen LogP contribution in [0.25, 0.3) is 11.3 Å². The number of esters is 1. The number of aromatic nitrogens is 2. The number of anilines is 1. The Morgan fingerprint density at radius 2 is 2.12 bits per heavy atom. The predicted octanol–water partition coefficient (Wildman–Crippen LogP) is 1.57. The van der Waals surface area contributed by atoms with Crippen LogP contribution in [0.5, 0.6) is 0 Å². The zero-order valence-electron chi connectivity index (χ0n) is 8.51. The van der Waals surface area contributed by atoms with E-state index in [9.17, 15) is 4.79 Å². The number of ether oxygens (including phenoxy) is 1. The third-order valence-electron chi connectivity index (χ3n) is 2.05. The van der Waals surface area contributed by atoms with E-state index in [1.54, 1.807) is 24.5 Å². The second kappa shape index (κ2) is 4.28. The fourth-order valence-electron chi connectivity index (χ4n) is 1.26. The molecule has 0 aliphatic heterocycles. The van der Waals surface area contributed by atoms with E-state index in [-0.39, 0.29) is 0 Å². The minimum Gasteiger partial charge on any atom is -0.465 e. The summed E-state index contributed by atoms with van der Waals surface area (Å²) >= 11 is 1.03. The van der Waals surface area contributed by atoms with Gasteiger partial charge < -0.3 is 10.5 Å². The Balaban J connectivity index is 2.45. The highest BCUT2D eigenvalue weighted by molar-refractivity contribution is 7.09. The Morgan fingerprint density at radius 3 is 2.75 bits per heavy atom. The van der Waals surface area contributed by atoms with E-state index in [1.807, 2.05) is 0 Å². The van der Waals surface area contributed by atoms with Crippen LogP contribution in [0.4, 0.5) is 5.69 Å². The van der Waals surface area contributed by atoms with Crippen molar-refractivity contribution >= 4 is 23.2 Å². The summed E-state index contributed by atoms with van der Waals surface area (Å²) in [6, 6.07) is 3.57. The molecule has 0 atom stereocenters. The van der Waals surface area contributed by atoms with Crippen molar-refractivity contribution in [1.29, 1.82) is 0 Å². The topological polar surface area (TPSA) is 78.1 Å². The van der Waals surface area contributed by atoms with Crippen molar-refractivity contribution in [3.05, 3.63) is 29.4 Å². The number of carbonyl (C=O) groups is 1. The summed E-state index contributed by atoms with van der Waals surface area (Å²) in [5, 5.41) is 0. The zero-order chi connectivity index (χ0) is 11.5. The van der Waals surface area contributed by atoms with Gasteiger partial charge in [-0.1, -0.05) is 0 Å². The van der Waals surface area contributed by atoms with Crippen molar-refractivity contribution in [2.75, 3.05) is 12.8 Å². The second-order valence-electron chi connectivity index (χ2n) is 3.00. The number of methoxy groups -OCH3 is 1. The number of hydrogen-bond donors (Lipinski definition) is 1. The molecule has 0 saturated heterocycles. The number of nitrogens with zero attached hydrogens (tertiary/aromatic N) is 2. The standard InChI is InChI=1S/C10H9N3O2S/c1-15-10(14)9-7(11)8(13-16-9)6-2-4-12-5-3-6/h2-5H,11H2,1H3. The summed E-state index contributed by atoms with van der Waals surface area (Å²) < 4.78 is 8.75. The van der Waals surface area contributed by atoms with E-state index in [2.05, 4.69) is 14.1 Å². The summed E-state index contributed by atoms with van der Waals surface area (Å²) in [6.07, 6.45) is 3.29. The lowest BCUT2D eigenvalue weighted by Gasteiger charge is -1.98. The van der Waals surface area contributed by atoms with Crippen LogP contribution < -0.4 is 5.73 Å². The van der Waals surface area contributed by atoms with Crippen LogP contribution in [0.1, 0.15) is 9.67 Å². The summed E-state index contributed by atoms with van der Waals surface area (Å²) in [4.78, 5) is 15.6. The number of nitrogen functional groups attached to an aromatic ring is 1. The molecule has 2 aromatic rings. The summed E-state index contributed by atoms with van der Waals surface area (Å²) in [5.41, 5.74) is 7.61. The number of hydrogen-bond acceptors (Lipinski definition) is 6. The molecule has 2 aromatic heterocycles. The number of rotatable bonds is 2. The van der Waals surface area contributed by atoms with Gasteiger partial charge >= 0.3 is 5.97 Å². The van der Waals surface area contributed by atoms with Crippen molar-refractivity contribution in [2.45, 2.75) is 0 Å². The Kier molecular flexibility index (Phi) is 2.82. The highest BCUT2D eigenvalue weighted by Gasteiger charge is 2.18. The fraction of sp³-hybridized carbons (Fsp3) is 0.100. The lowest BCUT2D eigenvalue weighted by atomic mass is 10.1. The SMILES string of the molecule is COC(=O)c1snc(-c2ccncc2)c1N. The average molecular weight is 235 g/mol. The van der Waals surface area contributed by atoms with Gasteiger partial charge in [0.15, 0.2) is 4.88 Å². The fourth-order valence-corrected chi connectivity index (χ4v) is 1.99. The zero-order valence-corrected chi connectivity index (χ0v) is 9.32. The molecule has 0 fully saturated rings. The van der Waals surface area contributed by atoms with Crippen LogP contribution in [-0.4, -0.2) is 22.4 Å². The van der Waals surface area contributed by atoms with Crippen molar-refractivity contribution in [2.24, 2.45) is 0 Å². The number of pyridine rings is 1. The van der Waals surface area contributed by atoms with Gasteiger partial charge in [0.1, 0.15) is 5.69 Å². The molecular weight excluding hydrogens is 226 g/mol. The van der Waals surface area contributed by atoms with Crippen LogP contribution in [0.2, 0.25) is 0 Å². The Bertz CT molecular complexity index is 510. The van der Waals surface area contributed by atoms with Crippen LogP contribution >= 0.6 is 11.5 Å². The Hall–Kier alpha value is -1.95. The van der Waals surface area contributed by atoms with Gasteiger partial charge in [-0.2, -0.15) is 4.37 Å². The minimum absolute atomic E-state index is 0.328. The first-order chi connectivity index (χ1) is 7.74. The third kappa shape index (κ3) is 1.74. The van der Waals surface area contributed by atoms with Crippen molar-refractivity contribution in [3.8, 4) is 11.3 Å². The van der Waals surface area contributed by atoms with Gasteiger partial charge in [0.25, 0.3) is 0 Å². The van der Waals surface area contributed by atoms with Crippen LogP contribution in [0, 0.1) is 0 Å². The molecule has 0 aromatic carbocycles. The highest BCUT2D eigenvalue weighted by atomic mass is 32.1. The predicted molar refractivity (Wildman–Crippen MR) is 61.1 cm³/mol. The molecule has 82 valence electrons. The van der Waals surface area contributed by atoms with Gasteiger partial charge in [0, 0.05) is 18.0 Å². The van der Waals surface area contributed by atoms with E-state index < -0.39 is 5.97 Å². The van der Waals surface area contributed by atoms with Gasteiger partial charge in [0.2, 0.25) is 0 Å². The third-order valence-corrected chi connectivity index (χ3v) is 2.90. The second-order valence-corrected chi connectivity index (χ2v) is 3.77. The van der Waals surface area contributed by atoms with Gasteiger partial charge in [-0.25, -0.2) is 4.79 Å². The first kappa shape index (κ1) is 10.6. The van der Waals surface area contributed by atoms with Crippen molar-refractivity contribution < 1.29 is 9.53 Å². The quantitative estimate of drug-likeness (QED) is 0.799. The molecule has 0 aliphatic rings. The first-order valence-corrected chi connectivity index (χ1v) is 5.25. The van der Waals surface area contributed by atoms with Gasteiger partial charge in [0.05, 0.1) is 12.8 Å².